The first-order chi connectivity index (χ1) is 12.2. The summed E-state index contributed by atoms with van der Waals surface area (Å²) in [6.45, 7) is 3.71. The van der Waals surface area contributed by atoms with Crippen LogP contribution < -0.4 is 9.62 Å². The predicted molar refractivity (Wildman–Crippen MR) is 106 cm³/mol. The van der Waals surface area contributed by atoms with Crippen molar-refractivity contribution in [3.63, 3.8) is 0 Å². The highest BCUT2D eigenvalue weighted by Gasteiger charge is 2.27. The van der Waals surface area contributed by atoms with Gasteiger partial charge in [-0.2, -0.15) is 12.7 Å². The van der Waals surface area contributed by atoms with E-state index in [-0.39, 0.29) is 6.54 Å². The summed E-state index contributed by atoms with van der Waals surface area (Å²) in [6.07, 6.45) is 0. The molecular formula is C15H21N5O3S3. The summed E-state index contributed by atoms with van der Waals surface area (Å²) in [6, 6.07) is 8.48. The smallest absolute Gasteiger partial charge is 0.299 e. The number of para-hydroxylation sites is 1. The second-order valence-electron chi connectivity index (χ2n) is 5.72. The van der Waals surface area contributed by atoms with Crippen molar-refractivity contribution >= 4 is 50.0 Å². The van der Waals surface area contributed by atoms with Crippen molar-refractivity contribution < 1.29 is 13.2 Å². The van der Waals surface area contributed by atoms with Gasteiger partial charge < -0.3 is 0 Å². The monoisotopic (exact) mass is 415 g/mol. The van der Waals surface area contributed by atoms with Crippen LogP contribution in [0.25, 0.3) is 0 Å². The molecule has 1 aromatic heterocycles. The summed E-state index contributed by atoms with van der Waals surface area (Å²) in [5.41, 5.74) is 0.407. The van der Waals surface area contributed by atoms with Crippen LogP contribution in [0.1, 0.15) is 13.8 Å². The number of carbonyl (C=O) groups is 1. The lowest BCUT2D eigenvalue weighted by molar-refractivity contribution is -0.114. The number of nitrogens with one attached hydrogen (secondary N) is 1. The van der Waals surface area contributed by atoms with Gasteiger partial charge in [-0.15, -0.1) is 10.2 Å². The van der Waals surface area contributed by atoms with Gasteiger partial charge >= 0.3 is 10.2 Å². The van der Waals surface area contributed by atoms with Crippen LogP contribution in [0.3, 0.4) is 0 Å². The number of nitrogens with zero attached hydrogens (tertiary/aromatic N) is 4. The van der Waals surface area contributed by atoms with Gasteiger partial charge in [0.2, 0.25) is 11.0 Å². The number of amides is 1. The van der Waals surface area contributed by atoms with Crippen molar-refractivity contribution in [1.82, 2.24) is 14.5 Å². The summed E-state index contributed by atoms with van der Waals surface area (Å²) in [7, 11) is -0.981. The van der Waals surface area contributed by atoms with Gasteiger partial charge in [0.05, 0.1) is 5.69 Å². The van der Waals surface area contributed by atoms with E-state index in [4.69, 9.17) is 0 Å². The lowest BCUT2D eigenvalue weighted by Crippen LogP contribution is -2.44. The average molecular weight is 416 g/mol. The predicted octanol–water partition coefficient (Wildman–Crippen LogP) is 2.29. The quantitative estimate of drug-likeness (QED) is 0.525. The summed E-state index contributed by atoms with van der Waals surface area (Å²) in [4.78, 5) is 12.4. The number of aromatic nitrogens is 2. The molecule has 2 aromatic rings. The summed E-state index contributed by atoms with van der Waals surface area (Å²) in [5, 5.41) is 11.2. The molecule has 142 valence electrons. The van der Waals surface area contributed by atoms with Gasteiger partial charge in [-0.25, -0.2) is 4.31 Å². The van der Waals surface area contributed by atoms with E-state index < -0.39 is 16.1 Å². The topological polar surface area (TPSA) is 95.5 Å². The minimum Gasteiger partial charge on any atom is -0.299 e. The minimum atomic E-state index is -3.82. The molecule has 0 saturated carbocycles. The molecule has 1 heterocycles. The number of benzene rings is 1. The number of hydrogen-bond acceptors (Lipinski definition) is 7. The second-order valence-corrected chi connectivity index (χ2v) is 10.6. The Hall–Kier alpha value is -1.69. The van der Waals surface area contributed by atoms with Crippen molar-refractivity contribution in [3.05, 3.63) is 30.3 Å². The van der Waals surface area contributed by atoms with Crippen molar-refractivity contribution in [2.75, 3.05) is 30.3 Å². The van der Waals surface area contributed by atoms with Gasteiger partial charge in [-0.1, -0.05) is 55.1 Å². The fraction of sp³-hybridized carbons (Fsp3) is 0.400. The van der Waals surface area contributed by atoms with E-state index in [0.29, 0.717) is 16.1 Å². The molecule has 0 saturated heterocycles. The van der Waals surface area contributed by atoms with Crippen LogP contribution in [0, 0.1) is 0 Å². The van der Waals surface area contributed by atoms with Crippen LogP contribution in [0.4, 0.5) is 10.8 Å². The van der Waals surface area contributed by atoms with Crippen LogP contribution in [-0.4, -0.2) is 54.7 Å². The average Bonchev–Trinajstić information content (AvgIpc) is 2.99. The summed E-state index contributed by atoms with van der Waals surface area (Å²) < 4.78 is 28.0. The third-order valence-electron chi connectivity index (χ3n) is 3.06. The fourth-order valence-corrected chi connectivity index (χ4v) is 4.95. The Bertz CT molecular complexity index is 837. The van der Waals surface area contributed by atoms with Crippen LogP contribution in [0.2, 0.25) is 0 Å². The first-order valence-electron chi connectivity index (χ1n) is 7.75. The number of rotatable bonds is 8. The molecule has 0 fully saturated rings. The SMILES string of the molecule is CC(C)Sc1nnc(NC(=O)CN(c2ccccc2)S(=O)(=O)N(C)C)s1. The molecular weight excluding hydrogens is 394 g/mol. The zero-order valence-corrected chi connectivity index (χ0v) is 17.4. The van der Waals surface area contributed by atoms with Crippen LogP contribution in [-0.2, 0) is 15.0 Å². The van der Waals surface area contributed by atoms with Gasteiger partial charge in [0.15, 0.2) is 4.34 Å². The Morgan fingerprint density at radius 1 is 1.23 bits per heavy atom. The Morgan fingerprint density at radius 2 is 1.88 bits per heavy atom. The maximum atomic E-state index is 12.6. The van der Waals surface area contributed by atoms with Crippen LogP contribution in [0.15, 0.2) is 34.7 Å². The first-order valence-corrected chi connectivity index (χ1v) is 10.8. The molecule has 0 atom stereocenters. The Labute approximate surface area is 161 Å². The number of thioether (sulfide) groups is 1. The van der Waals surface area contributed by atoms with E-state index in [0.717, 1.165) is 13.0 Å². The molecule has 0 aliphatic rings. The lowest BCUT2D eigenvalue weighted by Gasteiger charge is -2.26. The van der Waals surface area contributed by atoms with Gasteiger partial charge in [-0.05, 0) is 12.1 Å². The zero-order chi connectivity index (χ0) is 19.3. The number of carbonyl (C=O) groups excluding carboxylic acids is 1. The van der Waals surface area contributed by atoms with Crippen LogP contribution >= 0.6 is 23.1 Å². The molecule has 11 heteroatoms. The molecule has 1 N–H and O–H groups in total. The van der Waals surface area contributed by atoms with Gasteiger partial charge in [0, 0.05) is 19.3 Å². The lowest BCUT2D eigenvalue weighted by atomic mass is 10.3. The van der Waals surface area contributed by atoms with E-state index in [9.17, 15) is 13.2 Å². The molecule has 8 nitrogen and oxygen atoms in total. The Balaban J connectivity index is 2.15. The normalized spacial score (nSPS) is 11.8. The second kappa shape index (κ2) is 8.80. The molecule has 0 radical (unpaired) electrons. The van der Waals surface area contributed by atoms with E-state index in [1.54, 1.807) is 42.1 Å². The highest BCUT2D eigenvalue weighted by Crippen LogP contribution is 2.28. The summed E-state index contributed by atoms with van der Waals surface area (Å²) >= 11 is 2.80. The molecule has 0 unspecified atom stereocenters. The maximum absolute atomic E-state index is 12.6. The Morgan fingerprint density at radius 3 is 2.46 bits per heavy atom. The molecule has 1 aromatic carbocycles. The van der Waals surface area contributed by atoms with Gasteiger partial charge in [0.1, 0.15) is 6.54 Å². The van der Waals surface area contributed by atoms with Crippen molar-refractivity contribution in [2.45, 2.75) is 23.4 Å². The van der Waals surface area contributed by atoms with Crippen molar-refractivity contribution in [3.8, 4) is 0 Å². The van der Waals surface area contributed by atoms with Crippen molar-refractivity contribution in [1.29, 1.82) is 0 Å². The van der Waals surface area contributed by atoms with E-state index in [2.05, 4.69) is 15.5 Å². The first kappa shape index (κ1) is 20.6. The van der Waals surface area contributed by atoms with E-state index in [1.807, 2.05) is 13.8 Å². The molecule has 0 spiro atoms. The zero-order valence-electron chi connectivity index (χ0n) is 14.9. The summed E-state index contributed by atoms with van der Waals surface area (Å²) in [5.74, 6) is -0.489. The van der Waals surface area contributed by atoms with Gasteiger partial charge in [0.25, 0.3) is 0 Å². The highest BCUT2D eigenvalue weighted by molar-refractivity contribution is 8.01. The molecule has 2 rings (SSSR count). The molecule has 1 amide bonds. The maximum Gasteiger partial charge on any atom is 0.304 e. The third-order valence-corrected chi connectivity index (χ3v) is 6.81. The van der Waals surface area contributed by atoms with E-state index >= 15 is 0 Å². The number of anilines is 2. The molecule has 0 aliphatic heterocycles. The standard InChI is InChI=1S/C15H21N5O3S3/c1-11(2)24-15-18-17-14(25-15)16-13(21)10-20(26(22,23)19(3)4)12-8-6-5-7-9-12/h5-9,11H,10H2,1-4H3,(H,16,17,21). The van der Waals surface area contributed by atoms with Crippen molar-refractivity contribution in [2.24, 2.45) is 0 Å². The largest absolute Gasteiger partial charge is 0.304 e. The third kappa shape index (κ3) is 5.40. The van der Waals surface area contributed by atoms with Gasteiger partial charge in [-0.3, -0.25) is 10.1 Å². The highest BCUT2D eigenvalue weighted by atomic mass is 32.2. The Kier molecular flexibility index (Phi) is 6.98. The molecule has 0 bridgehead atoms. The van der Waals surface area contributed by atoms with Crippen LogP contribution in [0.5, 0.6) is 0 Å². The van der Waals surface area contributed by atoms with E-state index in [1.165, 1.54) is 25.4 Å². The minimum absolute atomic E-state index is 0.341. The molecule has 26 heavy (non-hydrogen) atoms. The number of hydrogen-bond donors (Lipinski definition) is 1. The molecule has 0 aliphatic carbocycles. The fourth-order valence-electron chi connectivity index (χ4n) is 1.90.